The third-order valence-electron chi connectivity index (χ3n) is 6.19. The highest BCUT2D eigenvalue weighted by Crippen LogP contribution is 2.34. The van der Waals surface area contributed by atoms with Crippen molar-refractivity contribution in [1.29, 1.82) is 0 Å². The molecule has 0 bridgehead atoms. The Labute approximate surface area is 199 Å². The molecular weight excluding hydrogens is 456 g/mol. The summed E-state index contributed by atoms with van der Waals surface area (Å²) in [4.78, 5) is 31.2. The number of anilines is 1. The van der Waals surface area contributed by atoms with E-state index in [0.29, 0.717) is 23.0 Å². The lowest BCUT2D eigenvalue weighted by Crippen LogP contribution is -2.51. The number of carbonyl (C=O) groups is 2. The van der Waals surface area contributed by atoms with Crippen LogP contribution in [0, 0.1) is 5.92 Å². The van der Waals surface area contributed by atoms with Gasteiger partial charge in [0.05, 0.1) is 17.5 Å². The summed E-state index contributed by atoms with van der Waals surface area (Å²) in [6.45, 7) is 2.31. The highest BCUT2D eigenvalue weighted by atomic mass is 35.5. The second kappa shape index (κ2) is 12.9. The summed E-state index contributed by atoms with van der Waals surface area (Å²) in [5.74, 6) is 0.745. The number of thiazole rings is 1. The van der Waals surface area contributed by atoms with Gasteiger partial charge in [-0.05, 0) is 44.4 Å². The van der Waals surface area contributed by atoms with Gasteiger partial charge in [-0.2, -0.15) is 0 Å². The highest BCUT2D eigenvalue weighted by molar-refractivity contribution is 8.01. The molecule has 176 valence electrons. The van der Waals surface area contributed by atoms with Crippen molar-refractivity contribution < 1.29 is 14.3 Å². The molecule has 0 radical (unpaired) electrons. The molecule has 1 heterocycles. The molecule has 2 amide bonds. The second-order valence-electron chi connectivity index (χ2n) is 8.47. The number of nitrogens with two attached hydrogens (primary N) is 1. The molecule has 0 unspecified atom stereocenters. The SMILES string of the molecule is COC(=O)[C@H](N)CSc1cnc(NC(=O)N(C2CCCCC2)C2CCC(C)CC2)s1.Cl. The minimum atomic E-state index is -0.671. The first kappa shape index (κ1) is 26.2. The van der Waals surface area contributed by atoms with Gasteiger partial charge in [-0.15, -0.1) is 24.2 Å². The first-order valence-electron chi connectivity index (χ1n) is 11.0. The maximum atomic E-state index is 13.3. The zero-order valence-electron chi connectivity index (χ0n) is 18.4. The number of nitrogens with zero attached hydrogens (tertiary/aromatic N) is 2. The van der Waals surface area contributed by atoms with E-state index in [1.807, 2.05) is 0 Å². The number of urea groups is 1. The lowest BCUT2D eigenvalue weighted by molar-refractivity contribution is -0.141. The summed E-state index contributed by atoms with van der Waals surface area (Å²) in [6.07, 6.45) is 12.2. The van der Waals surface area contributed by atoms with Crippen LogP contribution in [0.4, 0.5) is 9.93 Å². The van der Waals surface area contributed by atoms with Gasteiger partial charge >= 0.3 is 12.0 Å². The quantitative estimate of drug-likeness (QED) is 0.416. The molecular formula is C21H35ClN4O3S2. The van der Waals surface area contributed by atoms with E-state index >= 15 is 0 Å². The van der Waals surface area contributed by atoms with Crippen molar-refractivity contribution in [2.45, 2.75) is 87.0 Å². The molecule has 1 aromatic rings. The third-order valence-corrected chi connectivity index (χ3v) is 8.42. The topological polar surface area (TPSA) is 97.5 Å². The Hall–Kier alpha value is -1.03. The molecule has 7 nitrogen and oxygen atoms in total. The molecule has 2 aliphatic rings. The number of halogens is 1. The predicted octanol–water partition coefficient (Wildman–Crippen LogP) is 4.90. The van der Waals surface area contributed by atoms with Gasteiger partial charge in [0.2, 0.25) is 0 Å². The summed E-state index contributed by atoms with van der Waals surface area (Å²) in [5.41, 5.74) is 5.79. The molecule has 0 spiro atoms. The van der Waals surface area contributed by atoms with E-state index in [0.717, 1.165) is 35.8 Å². The summed E-state index contributed by atoms with van der Waals surface area (Å²) >= 11 is 2.87. The van der Waals surface area contributed by atoms with Crippen LogP contribution < -0.4 is 11.1 Å². The van der Waals surface area contributed by atoms with E-state index in [9.17, 15) is 9.59 Å². The van der Waals surface area contributed by atoms with E-state index in [1.54, 1.807) is 6.20 Å². The van der Waals surface area contributed by atoms with Gasteiger partial charge < -0.3 is 15.4 Å². The van der Waals surface area contributed by atoms with Crippen molar-refractivity contribution in [3.05, 3.63) is 6.20 Å². The van der Waals surface area contributed by atoms with Gasteiger partial charge in [-0.1, -0.05) is 37.5 Å². The van der Waals surface area contributed by atoms with Crippen LogP contribution in [0.5, 0.6) is 0 Å². The van der Waals surface area contributed by atoms with Gasteiger partial charge in [0, 0.05) is 17.8 Å². The molecule has 3 N–H and O–H groups in total. The van der Waals surface area contributed by atoms with E-state index in [-0.39, 0.29) is 18.4 Å². The van der Waals surface area contributed by atoms with E-state index in [4.69, 9.17) is 5.73 Å². The summed E-state index contributed by atoms with van der Waals surface area (Å²) < 4.78 is 5.57. The fraction of sp³-hybridized carbons (Fsp3) is 0.762. The lowest BCUT2D eigenvalue weighted by atomic mass is 9.84. The Bertz CT molecular complexity index is 707. The molecule has 0 aromatic carbocycles. The van der Waals surface area contributed by atoms with Crippen LogP contribution in [-0.2, 0) is 9.53 Å². The number of nitrogens with one attached hydrogen (secondary N) is 1. The van der Waals surface area contributed by atoms with Crippen molar-refractivity contribution in [3.8, 4) is 0 Å². The Morgan fingerprint density at radius 1 is 1.23 bits per heavy atom. The van der Waals surface area contributed by atoms with Crippen LogP contribution in [0.2, 0.25) is 0 Å². The molecule has 1 aromatic heterocycles. The molecule has 2 saturated carbocycles. The first-order chi connectivity index (χ1) is 14.5. The van der Waals surface area contributed by atoms with Gasteiger partial charge in [0.15, 0.2) is 5.13 Å². The predicted molar refractivity (Wildman–Crippen MR) is 129 cm³/mol. The lowest BCUT2D eigenvalue weighted by Gasteiger charge is -2.42. The van der Waals surface area contributed by atoms with Gasteiger partial charge in [0.25, 0.3) is 0 Å². The van der Waals surface area contributed by atoms with E-state index < -0.39 is 12.0 Å². The zero-order valence-corrected chi connectivity index (χ0v) is 20.8. The molecule has 1 atom stereocenters. The average molecular weight is 491 g/mol. The van der Waals surface area contributed by atoms with Gasteiger partial charge in [-0.3, -0.25) is 10.1 Å². The number of hydrogen-bond acceptors (Lipinski definition) is 7. The van der Waals surface area contributed by atoms with Crippen LogP contribution in [0.3, 0.4) is 0 Å². The van der Waals surface area contributed by atoms with Gasteiger partial charge in [0.1, 0.15) is 6.04 Å². The van der Waals surface area contributed by atoms with E-state index in [2.05, 4.69) is 26.9 Å². The Morgan fingerprint density at radius 3 is 2.52 bits per heavy atom. The smallest absolute Gasteiger partial charge is 0.324 e. The maximum absolute atomic E-state index is 13.3. The largest absolute Gasteiger partial charge is 0.468 e. The number of methoxy groups -OCH3 is 1. The molecule has 10 heteroatoms. The van der Waals surface area contributed by atoms with Crippen molar-refractivity contribution in [2.24, 2.45) is 11.7 Å². The van der Waals surface area contributed by atoms with E-state index in [1.165, 1.54) is 62.3 Å². The zero-order chi connectivity index (χ0) is 21.5. The normalized spacial score (nSPS) is 22.8. The number of amides is 2. The summed E-state index contributed by atoms with van der Waals surface area (Å²) in [5, 5.41) is 3.64. The molecule has 0 saturated heterocycles. The second-order valence-corrected chi connectivity index (χ2v) is 10.8. The van der Waals surface area contributed by atoms with Crippen LogP contribution in [-0.4, -0.2) is 52.9 Å². The third kappa shape index (κ3) is 7.51. The Balaban J connectivity index is 0.00000341. The maximum Gasteiger partial charge on any atom is 0.324 e. The van der Waals surface area contributed by atoms with Gasteiger partial charge in [-0.25, -0.2) is 9.78 Å². The van der Waals surface area contributed by atoms with Crippen LogP contribution in [0.15, 0.2) is 10.4 Å². The molecule has 31 heavy (non-hydrogen) atoms. The highest BCUT2D eigenvalue weighted by Gasteiger charge is 2.34. The molecule has 0 aliphatic heterocycles. The van der Waals surface area contributed by atoms with Crippen LogP contribution >= 0.6 is 35.5 Å². The minimum Gasteiger partial charge on any atom is -0.468 e. The number of rotatable bonds is 7. The van der Waals surface area contributed by atoms with Crippen molar-refractivity contribution >= 4 is 52.6 Å². The first-order valence-corrected chi connectivity index (χ1v) is 12.8. The van der Waals surface area contributed by atoms with Crippen molar-refractivity contribution in [3.63, 3.8) is 0 Å². The number of aromatic nitrogens is 1. The van der Waals surface area contributed by atoms with Crippen LogP contribution in [0.25, 0.3) is 0 Å². The molecule has 2 fully saturated rings. The fourth-order valence-electron chi connectivity index (χ4n) is 4.44. The number of esters is 1. The Kier molecular flexibility index (Phi) is 10.9. The monoisotopic (exact) mass is 490 g/mol. The molecule has 3 rings (SSSR count). The fourth-order valence-corrected chi connectivity index (χ4v) is 6.26. The van der Waals surface area contributed by atoms with Crippen molar-refractivity contribution in [1.82, 2.24) is 9.88 Å². The number of ether oxygens (including phenoxy) is 1. The average Bonchev–Trinajstić information content (AvgIpc) is 3.21. The number of hydrogen-bond donors (Lipinski definition) is 2. The number of thioether (sulfide) groups is 1. The Morgan fingerprint density at radius 2 is 1.87 bits per heavy atom. The molecule has 2 aliphatic carbocycles. The standard InChI is InChI=1S/C21H34N4O3S2.ClH/c1-14-8-10-16(11-9-14)25(15-6-4-3-5-7-15)21(27)24-20-23-12-18(30-20)29-13-17(22)19(26)28-2;/h12,14-17H,3-11,13,22H2,1-2H3,(H,23,24,27);1H/t14?,16?,17-;/m1./s1. The van der Waals surface area contributed by atoms with Crippen molar-refractivity contribution in [2.75, 3.05) is 18.2 Å². The summed E-state index contributed by atoms with van der Waals surface area (Å²) in [7, 11) is 1.33. The number of carbonyl (C=O) groups excluding carboxylic acids is 2. The minimum absolute atomic E-state index is 0. The van der Waals surface area contributed by atoms with Crippen LogP contribution in [0.1, 0.15) is 64.7 Å². The summed E-state index contributed by atoms with van der Waals surface area (Å²) in [6, 6.07) is -0.0191.